The third-order valence-electron chi connectivity index (χ3n) is 4.75. The summed E-state index contributed by atoms with van der Waals surface area (Å²) in [6.45, 7) is 8.22. The standard InChI is InChI=1S/C20H33N3O4/c1-4-21-19(23-14-20(8-10-24)9-11-26-15-20)22-13-16-6-7-17(25-3)18(12-16)27-5-2/h6-7,12,24H,4-5,8-11,13-15H2,1-3H3,(H2,21,22,23). The average molecular weight is 380 g/mol. The van der Waals surface area contributed by atoms with Gasteiger partial charge < -0.3 is 30.0 Å². The van der Waals surface area contributed by atoms with Crippen molar-refractivity contribution < 1.29 is 19.3 Å². The number of benzene rings is 1. The molecule has 0 aliphatic carbocycles. The quantitative estimate of drug-likeness (QED) is 0.426. The van der Waals surface area contributed by atoms with Gasteiger partial charge in [0, 0.05) is 31.7 Å². The highest BCUT2D eigenvalue weighted by Crippen LogP contribution is 2.31. The number of hydrogen-bond donors (Lipinski definition) is 3. The summed E-state index contributed by atoms with van der Waals surface area (Å²) < 4.78 is 16.5. The van der Waals surface area contributed by atoms with Gasteiger partial charge >= 0.3 is 0 Å². The van der Waals surface area contributed by atoms with Crippen molar-refractivity contribution in [3.63, 3.8) is 0 Å². The maximum absolute atomic E-state index is 9.37. The largest absolute Gasteiger partial charge is 0.493 e. The minimum atomic E-state index is -0.0206. The van der Waals surface area contributed by atoms with Crippen LogP contribution in [-0.2, 0) is 11.3 Å². The van der Waals surface area contributed by atoms with Gasteiger partial charge in [0.25, 0.3) is 0 Å². The second-order valence-electron chi connectivity index (χ2n) is 6.74. The van der Waals surface area contributed by atoms with Gasteiger partial charge in [-0.1, -0.05) is 6.07 Å². The topological polar surface area (TPSA) is 84.3 Å². The molecule has 1 saturated heterocycles. The number of rotatable bonds is 10. The Balaban J connectivity index is 2.03. The maximum atomic E-state index is 9.37. The first-order chi connectivity index (χ1) is 13.2. The van der Waals surface area contributed by atoms with E-state index >= 15 is 0 Å². The molecule has 7 heteroatoms. The van der Waals surface area contributed by atoms with Crippen molar-refractivity contribution in [2.75, 3.05) is 46.6 Å². The van der Waals surface area contributed by atoms with Crippen LogP contribution in [0.1, 0.15) is 32.3 Å². The Hall–Kier alpha value is -1.99. The van der Waals surface area contributed by atoms with Crippen LogP contribution in [0.4, 0.5) is 0 Å². The van der Waals surface area contributed by atoms with E-state index in [0.29, 0.717) is 19.8 Å². The highest BCUT2D eigenvalue weighted by atomic mass is 16.5. The fourth-order valence-corrected chi connectivity index (χ4v) is 3.18. The number of guanidine groups is 1. The van der Waals surface area contributed by atoms with Crippen LogP contribution in [0.2, 0.25) is 0 Å². The summed E-state index contributed by atoms with van der Waals surface area (Å²) in [7, 11) is 1.64. The Morgan fingerprint density at radius 1 is 1.30 bits per heavy atom. The first-order valence-corrected chi connectivity index (χ1v) is 9.67. The lowest BCUT2D eigenvalue weighted by molar-refractivity contribution is 0.127. The van der Waals surface area contributed by atoms with Crippen LogP contribution >= 0.6 is 0 Å². The van der Waals surface area contributed by atoms with Gasteiger partial charge in [-0.15, -0.1) is 0 Å². The molecule has 1 atom stereocenters. The van der Waals surface area contributed by atoms with Crippen molar-refractivity contribution in [3.8, 4) is 11.5 Å². The van der Waals surface area contributed by atoms with E-state index in [1.807, 2.05) is 32.0 Å². The van der Waals surface area contributed by atoms with Gasteiger partial charge in [0.15, 0.2) is 17.5 Å². The number of aliphatic hydroxyl groups is 1. The molecule has 27 heavy (non-hydrogen) atoms. The normalized spacial score (nSPS) is 19.8. The average Bonchev–Trinajstić information content (AvgIpc) is 3.13. The molecule has 0 amide bonds. The molecule has 1 unspecified atom stereocenters. The maximum Gasteiger partial charge on any atom is 0.191 e. The molecule has 0 aromatic heterocycles. The molecule has 0 radical (unpaired) electrons. The number of aliphatic hydroxyl groups excluding tert-OH is 1. The van der Waals surface area contributed by atoms with Gasteiger partial charge in [-0.3, -0.25) is 0 Å². The molecule has 152 valence electrons. The molecule has 2 rings (SSSR count). The zero-order valence-electron chi connectivity index (χ0n) is 16.7. The van der Waals surface area contributed by atoms with Gasteiger partial charge in [0.05, 0.1) is 26.9 Å². The summed E-state index contributed by atoms with van der Waals surface area (Å²) >= 11 is 0. The van der Waals surface area contributed by atoms with Crippen molar-refractivity contribution in [1.29, 1.82) is 0 Å². The van der Waals surface area contributed by atoms with Crippen LogP contribution in [0.3, 0.4) is 0 Å². The molecule has 1 fully saturated rings. The molecule has 0 saturated carbocycles. The van der Waals surface area contributed by atoms with E-state index in [1.165, 1.54) is 0 Å². The fourth-order valence-electron chi connectivity index (χ4n) is 3.18. The smallest absolute Gasteiger partial charge is 0.191 e. The Kier molecular flexibility index (Phi) is 8.67. The van der Waals surface area contributed by atoms with Gasteiger partial charge in [0.2, 0.25) is 0 Å². The molecule has 7 nitrogen and oxygen atoms in total. The minimum Gasteiger partial charge on any atom is -0.493 e. The molecular formula is C20H33N3O4. The molecule has 1 aliphatic heterocycles. The van der Waals surface area contributed by atoms with E-state index < -0.39 is 0 Å². The number of ether oxygens (including phenoxy) is 3. The van der Waals surface area contributed by atoms with Gasteiger partial charge in [-0.2, -0.15) is 0 Å². The molecule has 0 bridgehead atoms. The lowest BCUT2D eigenvalue weighted by Crippen LogP contribution is -2.44. The summed E-state index contributed by atoms with van der Waals surface area (Å²) in [4.78, 5) is 4.69. The van der Waals surface area contributed by atoms with Crippen molar-refractivity contribution >= 4 is 5.96 Å². The zero-order valence-corrected chi connectivity index (χ0v) is 16.7. The SMILES string of the molecule is CCNC(=NCc1ccc(OC)c(OCC)c1)NCC1(CCO)CCOC1. The molecule has 0 spiro atoms. The summed E-state index contributed by atoms with van der Waals surface area (Å²) in [5, 5.41) is 16.1. The van der Waals surface area contributed by atoms with Crippen LogP contribution in [0, 0.1) is 5.41 Å². The Labute approximate surface area is 162 Å². The first-order valence-electron chi connectivity index (χ1n) is 9.67. The van der Waals surface area contributed by atoms with E-state index in [9.17, 15) is 5.11 Å². The van der Waals surface area contributed by atoms with Crippen LogP contribution in [-0.4, -0.2) is 57.7 Å². The molecule has 1 aliphatic rings. The third kappa shape index (κ3) is 6.29. The van der Waals surface area contributed by atoms with E-state index in [2.05, 4.69) is 15.6 Å². The van der Waals surface area contributed by atoms with Crippen molar-refractivity contribution in [2.45, 2.75) is 33.2 Å². The predicted octanol–water partition coefficient (Wildman–Crippen LogP) is 1.94. The highest BCUT2D eigenvalue weighted by Gasteiger charge is 2.34. The third-order valence-corrected chi connectivity index (χ3v) is 4.75. The molecule has 1 heterocycles. The second kappa shape index (κ2) is 11.0. The Morgan fingerprint density at radius 2 is 2.15 bits per heavy atom. The summed E-state index contributed by atoms with van der Waals surface area (Å²) in [6, 6.07) is 5.86. The van der Waals surface area contributed by atoms with Gasteiger partial charge in [-0.25, -0.2) is 4.99 Å². The van der Waals surface area contributed by atoms with Crippen LogP contribution in [0.25, 0.3) is 0 Å². The Bertz CT molecular complexity index is 601. The van der Waals surface area contributed by atoms with Crippen LogP contribution in [0.5, 0.6) is 11.5 Å². The lowest BCUT2D eigenvalue weighted by Gasteiger charge is -2.27. The highest BCUT2D eigenvalue weighted by molar-refractivity contribution is 5.79. The minimum absolute atomic E-state index is 0.0206. The number of hydrogen-bond acceptors (Lipinski definition) is 5. The van der Waals surface area contributed by atoms with E-state index in [4.69, 9.17) is 14.2 Å². The first kappa shape index (κ1) is 21.3. The monoisotopic (exact) mass is 379 g/mol. The molecular weight excluding hydrogens is 346 g/mol. The van der Waals surface area contributed by atoms with Crippen molar-refractivity contribution in [2.24, 2.45) is 10.4 Å². The molecule has 3 N–H and O–H groups in total. The molecule has 1 aromatic rings. The van der Waals surface area contributed by atoms with E-state index in [1.54, 1.807) is 7.11 Å². The Morgan fingerprint density at radius 3 is 2.78 bits per heavy atom. The van der Waals surface area contributed by atoms with E-state index in [0.717, 1.165) is 55.6 Å². The number of nitrogens with one attached hydrogen (secondary N) is 2. The van der Waals surface area contributed by atoms with Crippen molar-refractivity contribution in [1.82, 2.24) is 10.6 Å². The molecule has 1 aromatic carbocycles. The number of aliphatic imine (C=N–C) groups is 1. The fraction of sp³-hybridized carbons (Fsp3) is 0.650. The zero-order chi connectivity index (χ0) is 19.5. The summed E-state index contributed by atoms with van der Waals surface area (Å²) in [6.07, 6.45) is 1.69. The summed E-state index contributed by atoms with van der Waals surface area (Å²) in [5.41, 5.74) is 1.03. The van der Waals surface area contributed by atoms with Crippen LogP contribution in [0.15, 0.2) is 23.2 Å². The predicted molar refractivity (Wildman–Crippen MR) is 107 cm³/mol. The second-order valence-corrected chi connectivity index (χ2v) is 6.74. The van der Waals surface area contributed by atoms with Gasteiger partial charge in [0.1, 0.15) is 0 Å². The van der Waals surface area contributed by atoms with Gasteiger partial charge in [-0.05, 0) is 44.4 Å². The number of nitrogens with zero attached hydrogens (tertiary/aromatic N) is 1. The summed E-state index contributed by atoms with van der Waals surface area (Å²) in [5.74, 6) is 2.22. The number of methoxy groups -OCH3 is 1. The van der Waals surface area contributed by atoms with Crippen LogP contribution < -0.4 is 20.1 Å². The van der Waals surface area contributed by atoms with E-state index in [-0.39, 0.29) is 12.0 Å². The van der Waals surface area contributed by atoms with Crippen molar-refractivity contribution in [3.05, 3.63) is 23.8 Å². The lowest BCUT2D eigenvalue weighted by atomic mass is 9.84.